The van der Waals surface area contributed by atoms with E-state index in [0.29, 0.717) is 11.8 Å². The fourth-order valence-corrected chi connectivity index (χ4v) is 5.35. The van der Waals surface area contributed by atoms with Crippen LogP contribution in [0.2, 0.25) is 0 Å². The molecular weight excluding hydrogens is 384 g/mol. The second-order valence-corrected chi connectivity index (χ2v) is 9.33. The zero-order valence-corrected chi connectivity index (χ0v) is 18.6. The van der Waals surface area contributed by atoms with Crippen LogP contribution < -0.4 is 0 Å². The third-order valence-electron chi connectivity index (χ3n) is 7.37. The van der Waals surface area contributed by atoms with Gasteiger partial charge in [-0.15, -0.1) is 0 Å². The SMILES string of the molecule is C[C@]1(C2CCN(C(=O)c3ccccc3)CC2)CCCCN(CCc2ccccc2)C1=O. The zero-order valence-electron chi connectivity index (χ0n) is 18.6. The molecule has 0 saturated carbocycles. The number of carbonyl (C=O) groups excluding carboxylic acids is 2. The number of nitrogens with zero attached hydrogens (tertiary/aromatic N) is 2. The largest absolute Gasteiger partial charge is 0.342 e. The molecule has 0 unspecified atom stereocenters. The van der Waals surface area contributed by atoms with Crippen LogP contribution >= 0.6 is 0 Å². The molecule has 1 atom stereocenters. The first-order chi connectivity index (χ1) is 15.1. The summed E-state index contributed by atoms with van der Waals surface area (Å²) < 4.78 is 0. The van der Waals surface area contributed by atoms with Gasteiger partial charge in [0.15, 0.2) is 0 Å². The van der Waals surface area contributed by atoms with Gasteiger partial charge in [-0.1, -0.05) is 61.9 Å². The van der Waals surface area contributed by atoms with Crippen LogP contribution in [0, 0.1) is 11.3 Å². The van der Waals surface area contributed by atoms with Gasteiger partial charge in [-0.05, 0) is 55.7 Å². The van der Waals surface area contributed by atoms with Crippen molar-refractivity contribution in [3.05, 3.63) is 71.8 Å². The second kappa shape index (κ2) is 9.67. The predicted molar refractivity (Wildman–Crippen MR) is 124 cm³/mol. The van der Waals surface area contributed by atoms with E-state index in [1.54, 1.807) is 0 Å². The van der Waals surface area contributed by atoms with E-state index in [0.717, 1.165) is 70.3 Å². The van der Waals surface area contributed by atoms with Crippen molar-refractivity contribution in [3.63, 3.8) is 0 Å². The summed E-state index contributed by atoms with van der Waals surface area (Å²) in [5.41, 5.74) is 1.73. The quantitative estimate of drug-likeness (QED) is 0.700. The van der Waals surface area contributed by atoms with Gasteiger partial charge < -0.3 is 9.80 Å². The number of hydrogen-bond acceptors (Lipinski definition) is 2. The van der Waals surface area contributed by atoms with E-state index in [-0.39, 0.29) is 11.3 Å². The minimum atomic E-state index is -0.310. The monoisotopic (exact) mass is 418 g/mol. The van der Waals surface area contributed by atoms with Gasteiger partial charge in [0.05, 0.1) is 0 Å². The summed E-state index contributed by atoms with van der Waals surface area (Å²) in [5.74, 6) is 0.784. The molecule has 2 aromatic rings. The van der Waals surface area contributed by atoms with E-state index in [9.17, 15) is 9.59 Å². The van der Waals surface area contributed by atoms with Gasteiger partial charge in [0.2, 0.25) is 5.91 Å². The molecule has 4 nitrogen and oxygen atoms in total. The van der Waals surface area contributed by atoms with E-state index in [1.807, 2.05) is 41.3 Å². The maximum Gasteiger partial charge on any atom is 0.253 e. The van der Waals surface area contributed by atoms with Gasteiger partial charge in [0.25, 0.3) is 5.91 Å². The highest BCUT2D eigenvalue weighted by Crippen LogP contribution is 2.42. The van der Waals surface area contributed by atoms with Gasteiger partial charge in [0.1, 0.15) is 0 Å². The second-order valence-electron chi connectivity index (χ2n) is 9.33. The number of amides is 2. The lowest BCUT2D eigenvalue weighted by Gasteiger charge is -2.43. The Balaban J connectivity index is 1.39. The van der Waals surface area contributed by atoms with Crippen molar-refractivity contribution >= 4 is 11.8 Å². The van der Waals surface area contributed by atoms with E-state index in [2.05, 4.69) is 36.1 Å². The molecule has 0 aromatic heterocycles. The highest BCUT2D eigenvalue weighted by molar-refractivity contribution is 5.94. The standard InChI is InChI=1S/C27H34N2O2/c1-27(24-15-20-28(21-16-24)25(30)23-12-6-3-7-13-23)17-8-9-18-29(26(27)31)19-14-22-10-4-2-5-11-22/h2-7,10-13,24H,8-9,14-21H2,1H3/t27-/m1/s1. The molecule has 0 bridgehead atoms. The Bertz CT molecular complexity index is 875. The molecule has 4 rings (SSSR count). The molecule has 0 N–H and O–H groups in total. The molecule has 0 radical (unpaired) electrons. The summed E-state index contributed by atoms with van der Waals surface area (Å²) in [4.78, 5) is 30.5. The maximum atomic E-state index is 13.7. The minimum absolute atomic E-state index is 0.112. The van der Waals surface area contributed by atoms with Gasteiger partial charge in [-0.25, -0.2) is 0 Å². The van der Waals surface area contributed by atoms with Crippen LogP contribution in [0.25, 0.3) is 0 Å². The molecule has 31 heavy (non-hydrogen) atoms. The summed E-state index contributed by atoms with van der Waals surface area (Å²) in [6.45, 7) is 5.34. The Kier molecular flexibility index (Phi) is 6.74. The van der Waals surface area contributed by atoms with Crippen LogP contribution in [0.3, 0.4) is 0 Å². The fraction of sp³-hybridized carbons (Fsp3) is 0.481. The first kappa shape index (κ1) is 21.6. The topological polar surface area (TPSA) is 40.6 Å². The number of rotatable bonds is 5. The first-order valence-corrected chi connectivity index (χ1v) is 11.8. The predicted octanol–water partition coefficient (Wildman–Crippen LogP) is 4.80. The molecule has 4 heteroatoms. The van der Waals surface area contributed by atoms with Crippen LogP contribution in [-0.4, -0.2) is 47.8 Å². The lowest BCUT2D eigenvalue weighted by Crippen LogP contribution is -2.49. The van der Waals surface area contributed by atoms with Crippen molar-refractivity contribution in [2.45, 2.75) is 45.4 Å². The molecule has 2 aromatic carbocycles. The molecule has 2 aliphatic heterocycles. The summed E-state index contributed by atoms with van der Waals surface area (Å²) in [5, 5.41) is 0. The maximum absolute atomic E-state index is 13.7. The molecule has 2 heterocycles. The number of hydrogen-bond donors (Lipinski definition) is 0. The van der Waals surface area contributed by atoms with E-state index in [4.69, 9.17) is 0 Å². The van der Waals surface area contributed by atoms with Crippen molar-refractivity contribution in [2.75, 3.05) is 26.2 Å². The highest BCUT2D eigenvalue weighted by atomic mass is 16.2. The van der Waals surface area contributed by atoms with E-state index < -0.39 is 0 Å². The van der Waals surface area contributed by atoms with Crippen molar-refractivity contribution < 1.29 is 9.59 Å². The summed E-state index contributed by atoms with van der Waals surface area (Å²) >= 11 is 0. The number of carbonyl (C=O) groups is 2. The number of likely N-dealkylation sites (tertiary alicyclic amines) is 2. The van der Waals surface area contributed by atoms with Gasteiger partial charge >= 0.3 is 0 Å². The molecule has 164 valence electrons. The van der Waals surface area contributed by atoms with Crippen LogP contribution in [0.15, 0.2) is 60.7 Å². The molecule has 2 amide bonds. The molecule has 0 spiro atoms. The summed E-state index contributed by atoms with van der Waals surface area (Å²) in [7, 11) is 0. The van der Waals surface area contributed by atoms with E-state index >= 15 is 0 Å². The molecule has 2 fully saturated rings. The van der Waals surface area contributed by atoms with Gasteiger partial charge in [-0.2, -0.15) is 0 Å². The average molecular weight is 419 g/mol. The first-order valence-electron chi connectivity index (χ1n) is 11.8. The summed E-state index contributed by atoms with van der Waals surface area (Å²) in [6, 6.07) is 20.0. The Labute approximate surface area is 186 Å². The van der Waals surface area contributed by atoms with Crippen molar-refractivity contribution in [1.82, 2.24) is 9.80 Å². The lowest BCUT2D eigenvalue weighted by molar-refractivity contribution is -0.144. The smallest absolute Gasteiger partial charge is 0.253 e. The Morgan fingerprint density at radius 1 is 0.935 bits per heavy atom. The minimum Gasteiger partial charge on any atom is -0.342 e. The van der Waals surface area contributed by atoms with Gasteiger partial charge in [0, 0.05) is 37.2 Å². The third-order valence-corrected chi connectivity index (χ3v) is 7.37. The van der Waals surface area contributed by atoms with Crippen LogP contribution in [0.1, 0.15) is 54.9 Å². The van der Waals surface area contributed by atoms with Crippen molar-refractivity contribution in [2.24, 2.45) is 11.3 Å². The zero-order chi connectivity index (χ0) is 21.7. The number of benzene rings is 2. The lowest BCUT2D eigenvalue weighted by atomic mass is 9.69. The molecule has 0 aliphatic carbocycles. The van der Waals surface area contributed by atoms with Crippen molar-refractivity contribution in [3.8, 4) is 0 Å². The van der Waals surface area contributed by atoms with Crippen LogP contribution in [0.5, 0.6) is 0 Å². The average Bonchev–Trinajstić information content (AvgIpc) is 2.97. The number of piperidine rings is 1. The van der Waals surface area contributed by atoms with Crippen LogP contribution in [-0.2, 0) is 11.2 Å². The highest BCUT2D eigenvalue weighted by Gasteiger charge is 2.45. The third kappa shape index (κ3) is 4.84. The van der Waals surface area contributed by atoms with Crippen molar-refractivity contribution in [1.29, 1.82) is 0 Å². The van der Waals surface area contributed by atoms with Gasteiger partial charge in [-0.3, -0.25) is 9.59 Å². The molecular formula is C27H34N2O2. The Hall–Kier alpha value is -2.62. The van der Waals surface area contributed by atoms with E-state index in [1.165, 1.54) is 5.56 Å². The fourth-order valence-electron chi connectivity index (χ4n) is 5.35. The summed E-state index contributed by atoms with van der Waals surface area (Å²) in [6.07, 6.45) is 5.88. The normalized spacial score (nSPS) is 22.9. The Morgan fingerprint density at radius 2 is 1.58 bits per heavy atom. The molecule has 2 aliphatic rings. The van der Waals surface area contributed by atoms with Crippen LogP contribution in [0.4, 0.5) is 0 Å². The Morgan fingerprint density at radius 3 is 2.26 bits per heavy atom. The molecule has 2 saturated heterocycles.